The van der Waals surface area contributed by atoms with Gasteiger partial charge in [-0.05, 0) is 60.7 Å². The Labute approximate surface area is 227 Å². The molecule has 0 aliphatic heterocycles. The number of ether oxygens (including phenoxy) is 2. The van der Waals surface area contributed by atoms with E-state index in [9.17, 15) is 9.59 Å². The first kappa shape index (κ1) is 27.0. The molecule has 0 unspecified atom stereocenters. The average Bonchev–Trinajstić information content (AvgIpc) is 3.19. The first-order valence-electron chi connectivity index (χ1n) is 12.1. The topological polar surface area (TPSA) is 76.7 Å². The lowest BCUT2D eigenvalue weighted by Crippen LogP contribution is -2.50. The minimum atomic E-state index is -0.947. The van der Waals surface area contributed by atoms with Gasteiger partial charge in [0, 0.05) is 12.5 Å². The Hall–Kier alpha value is -3.06. The van der Waals surface area contributed by atoms with E-state index in [0.717, 1.165) is 27.8 Å². The van der Waals surface area contributed by atoms with E-state index in [1.165, 1.54) is 0 Å². The summed E-state index contributed by atoms with van der Waals surface area (Å²) in [6.07, 6.45) is -0.686. The molecule has 0 spiro atoms. The molecule has 4 rings (SSSR count). The van der Waals surface area contributed by atoms with Gasteiger partial charge in [0.15, 0.2) is 0 Å². The predicted molar refractivity (Wildman–Crippen MR) is 146 cm³/mol. The maximum atomic E-state index is 13.0. The molecule has 1 aliphatic rings. The van der Waals surface area contributed by atoms with Crippen LogP contribution in [-0.4, -0.2) is 36.9 Å². The van der Waals surface area contributed by atoms with E-state index >= 15 is 0 Å². The van der Waals surface area contributed by atoms with Crippen LogP contribution in [0.4, 0.5) is 4.79 Å². The van der Waals surface area contributed by atoms with Gasteiger partial charge in [0.25, 0.3) is 0 Å². The maximum absolute atomic E-state index is 13.0. The number of amides is 2. The maximum Gasteiger partial charge on any atom is 0.407 e. The zero-order valence-corrected chi connectivity index (χ0v) is 22.5. The summed E-state index contributed by atoms with van der Waals surface area (Å²) in [4.78, 5) is 25.8. The zero-order valence-electron chi connectivity index (χ0n) is 21.0. The fraction of sp³-hybridized carbons (Fsp3) is 0.310. The quantitative estimate of drug-likeness (QED) is 0.349. The molecule has 0 bridgehead atoms. The molecule has 37 heavy (non-hydrogen) atoms. The number of carbonyl (C=O) groups is 2. The molecule has 3 aromatic carbocycles. The molecule has 6 nitrogen and oxygen atoms in total. The number of nitrogens with one attached hydrogen (secondary N) is 2. The molecule has 0 radical (unpaired) electrons. The molecule has 0 fully saturated rings. The van der Waals surface area contributed by atoms with Crippen molar-refractivity contribution in [2.45, 2.75) is 44.9 Å². The Morgan fingerprint density at radius 2 is 1.54 bits per heavy atom. The third-order valence-electron chi connectivity index (χ3n) is 6.09. The summed E-state index contributed by atoms with van der Waals surface area (Å²) in [6.45, 7) is 5.99. The molecule has 2 amide bonds. The molecular formula is C29H30Cl2N2O4. The van der Waals surface area contributed by atoms with Gasteiger partial charge >= 0.3 is 6.09 Å². The van der Waals surface area contributed by atoms with E-state index < -0.39 is 23.6 Å². The minimum absolute atomic E-state index is 0.0130. The van der Waals surface area contributed by atoms with Crippen molar-refractivity contribution in [2.24, 2.45) is 0 Å². The highest BCUT2D eigenvalue weighted by atomic mass is 35.5. The Morgan fingerprint density at radius 1 is 0.919 bits per heavy atom. The fourth-order valence-corrected chi connectivity index (χ4v) is 4.58. The average molecular weight is 541 g/mol. The molecule has 0 heterocycles. The van der Waals surface area contributed by atoms with E-state index in [2.05, 4.69) is 34.9 Å². The second kappa shape index (κ2) is 11.5. The molecule has 1 aliphatic carbocycles. The van der Waals surface area contributed by atoms with Crippen LogP contribution < -0.4 is 10.6 Å². The summed E-state index contributed by atoms with van der Waals surface area (Å²) in [5.41, 5.74) is 4.80. The first-order valence-corrected chi connectivity index (χ1v) is 12.8. The van der Waals surface area contributed by atoms with Crippen molar-refractivity contribution in [1.29, 1.82) is 0 Å². The standard InChI is InChI=1S/C29H30Cl2N2O4/c1-29(2,3)37-17-26(27(34)32-15-18-12-13-24(30)25(31)14-18)33-28(35)36-16-23-21-10-6-4-8-19(21)20-9-5-7-11-22(20)23/h4-14,23,26H,15-17H2,1-3H3,(H,32,34)(H,33,35)/t26-/m1/s1. The van der Waals surface area contributed by atoms with Crippen molar-refractivity contribution in [2.75, 3.05) is 13.2 Å². The molecule has 8 heteroatoms. The van der Waals surface area contributed by atoms with E-state index in [4.69, 9.17) is 32.7 Å². The van der Waals surface area contributed by atoms with Gasteiger partial charge in [0.05, 0.1) is 22.3 Å². The van der Waals surface area contributed by atoms with Crippen LogP contribution in [0.15, 0.2) is 66.7 Å². The Morgan fingerprint density at radius 3 is 2.14 bits per heavy atom. The number of alkyl carbamates (subject to hydrolysis) is 1. The molecule has 2 N–H and O–H groups in total. The van der Waals surface area contributed by atoms with Crippen LogP contribution in [0.2, 0.25) is 10.0 Å². The number of hydrogen-bond donors (Lipinski definition) is 2. The summed E-state index contributed by atoms with van der Waals surface area (Å²) in [5.74, 6) is -0.477. The fourth-order valence-electron chi connectivity index (χ4n) is 4.26. The van der Waals surface area contributed by atoms with E-state index in [1.807, 2.05) is 45.0 Å². The van der Waals surface area contributed by atoms with Crippen LogP contribution in [0.3, 0.4) is 0 Å². The largest absolute Gasteiger partial charge is 0.449 e. The lowest BCUT2D eigenvalue weighted by Gasteiger charge is -2.25. The monoisotopic (exact) mass is 540 g/mol. The van der Waals surface area contributed by atoms with Gasteiger partial charge in [-0.1, -0.05) is 77.8 Å². The van der Waals surface area contributed by atoms with Gasteiger partial charge in [-0.15, -0.1) is 0 Å². The Bertz CT molecular complexity index is 1240. The number of carbonyl (C=O) groups excluding carboxylic acids is 2. The normalized spacial score (nSPS) is 13.4. The Balaban J connectivity index is 1.40. The van der Waals surface area contributed by atoms with Crippen molar-refractivity contribution in [1.82, 2.24) is 10.6 Å². The summed E-state index contributed by atoms with van der Waals surface area (Å²) in [6, 6.07) is 20.4. The Kier molecular flexibility index (Phi) is 8.42. The summed E-state index contributed by atoms with van der Waals surface area (Å²) in [5, 5.41) is 6.33. The van der Waals surface area contributed by atoms with Gasteiger partial charge in [-0.2, -0.15) is 0 Å². The van der Waals surface area contributed by atoms with Crippen molar-refractivity contribution in [3.63, 3.8) is 0 Å². The third-order valence-corrected chi connectivity index (χ3v) is 6.83. The summed E-state index contributed by atoms with van der Waals surface area (Å²) < 4.78 is 11.4. The van der Waals surface area contributed by atoms with Crippen LogP contribution in [0.5, 0.6) is 0 Å². The van der Waals surface area contributed by atoms with Crippen LogP contribution >= 0.6 is 23.2 Å². The van der Waals surface area contributed by atoms with Crippen LogP contribution in [-0.2, 0) is 20.8 Å². The molecule has 0 saturated carbocycles. The zero-order chi connectivity index (χ0) is 26.6. The predicted octanol–water partition coefficient (Wildman–Crippen LogP) is 6.33. The van der Waals surface area contributed by atoms with E-state index in [1.54, 1.807) is 18.2 Å². The summed E-state index contributed by atoms with van der Waals surface area (Å²) in [7, 11) is 0. The van der Waals surface area contributed by atoms with Gasteiger partial charge in [-0.25, -0.2) is 4.79 Å². The van der Waals surface area contributed by atoms with Crippen molar-refractivity contribution in [3.8, 4) is 11.1 Å². The van der Waals surface area contributed by atoms with Crippen molar-refractivity contribution in [3.05, 3.63) is 93.5 Å². The van der Waals surface area contributed by atoms with E-state index in [-0.39, 0.29) is 25.7 Å². The highest BCUT2D eigenvalue weighted by molar-refractivity contribution is 6.42. The van der Waals surface area contributed by atoms with E-state index in [0.29, 0.717) is 10.0 Å². The van der Waals surface area contributed by atoms with Crippen molar-refractivity contribution >= 4 is 35.2 Å². The second-order valence-corrected chi connectivity index (χ2v) is 10.7. The number of rotatable bonds is 8. The molecule has 0 aromatic heterocycles. The third kappa shape index (κ3) is 6.83. The number of hydrogen-bond acceptors (Lipinski definition) is 4. The first-order chi connectivity index (χ1) is 17.6. The van der Waals surface area contributed by atoms with Gasteiger partial charge < -0.3 is 20.1 Å². The highest BCUT2D eigenvalue weighted by Gasteiger charge is 2.30. The SMILES string of the molecule is CC(C)(C)OC[C@@H](NC(=O)OCC1c2ccccc2-c2ccccc21)C(=O)NCc1ccc(Cl)c(Cl)c1. The van der Waals surface area contributed by atoms with Gasteiger partial charge in [-0.3, -0.25) is 4.79 Å². The minimum Gasteiger partial charge on any atom is -0.449 e. The number of fused-ring (bicyclic) bond motifs is 3. The molecule has 3 aromatic rings. The number of benzene rings is 3. The van der Waals surface area contributed by atoms with Crippen LogP contribution in [0.1, 0.15) is 43.4 Å². The van der Waals surface area contributed by atoms with Gasteiger partial charge in [0.2, 0.25) is 5.91 Å². The highest BCUT2D eigenvalue weighted by Crippen LogP contribution is 2.44. The van der Waals surface area contributed by atoms with Gasteiger partial charge in [0.1, 0.15) is 12.6 Å². The lowest BCUT2D eigenvalue weighted by molar-refractivity contribution is -0.126. The van der Waals surface area contributed by atoms with Crippen molar-refractivity contribution < 1.29 is 19.1 Å². The molecule has 0 saturated heterocycles. The van der Waals surface area contributed by atoms with Crippen LogP contribution in [0, 0.1) is 0 Å². The molecule has 194 valence electrons. The lowest BCUT2D eigenvalue weighted by atomic mass is 9.98. The summed E-state index contributed by atoms with van der Waals surface area (Å²) >= 11 is 12.0. The smallest absolute Gasteiger partial charge is 0.407 e. The molecular weight excluding hydrogens is 511 g/mol. The molecule has 1 atom stereocenters. The van der Waals surface area contributed by atoms with Crippen LogP contribution in [0.25, 0.3) is 11.1 Å². The number of halogens is 2. The second-order valence-electron chi connectivity index (χ2n) is 9.91.